The first-order valence-electron chi connectivity index (χ1n) is 7.76. The average Bonchev–Trinajstić information content (AvgIpc) is 2.50. The summed E-state index contributed by atoms with van der Waals surface area (Å²) < 4.78 is 15.2. The van der Waals surface area contributed by atoms with E-state index in [1.54, 1.807) is 0 Å². The highest BCUT2D eigenvalue weighted by Crippen LogP contribution is 2.15. The molecule has 0 atom stereocenters. The summed E-state index contributed by atoms with van der Waals surface area (Å²) in [5.74, 6) is 1.26. The maximum Gasteiger partial charge on any atom is 0.413 e. The highest BCUT2D eigenvalue weighted by molar-refractivity contribution is 9.09. The SMILES string of the molecule is CS/N=C(\NC(=O)OC(C)(C)C)c1ccc(OCCCCBr)cc1. The molecule has 0 saturated carbocycles. The molecule has 0 fully saturated rings. The van der Waals surface area contributed by atoms with Crippen LogP contribution in [-0.2, 0) is 4.74 Å². The van der Waals surface area contributed by atoms with Crippen LogP contribution < -0.4 is 10.1 Å². The van der Waals surface area contributed by atoms with E-state index in [0.717, 1.165) is 29.5 Å². The van der Waals surface area contributed by atoms with Gasteiger partial charge in [-0.1, -0.05) is 15.9 Å². The molecule has 0 aromatic heterocycles. The molecule has 1 aromatic rings. The third-order valence-electron chi connectivity index (χ3n) is 2.73. The molecule has 0 spiro atoms. The molecule has 0 saturated heterocycles. The van der Waals surface area contributed by atoms with Crippen LogP contribution in [0.5, 0.6) is 5.75 Å². The molecule has 5 nitrogen and oxygen atoms in total. The highest BCUT2D eigenvalue weighted by atomic mass is 79.9. The van der Waals surface area contributed by atoms with Gasteiger partial charge in [0.25, 0.3) is 0 Å². The molecule has 1 rings (SSSR count). The molecule has 0 aliphatic rings. The Morgan fingerprint density at radius 3 is 2.46 bits per heavy atom. The number of amides is 1. The van der Waals surface area contributed by atoms with Gasteiger partial charge in [0.15, 0.2) is 5.84 Å². The summed E-state index contributed by atoms with van der Waals surface area (Å²) in [6, 6.07) is 7.48. The Kier molecular flexibility index (Phi) is 9.21. The van der Waals surface area contributed by atoms with Gasteiger partial charge in [-0.2, -0.15) is 4.40 Å². The van der Waals surface area contributed by atoms with Gasteiger partial charge in [-0.05, 0) is 69.8 Å². The van der Waals surface area contributed by atoms with E-state index in [1.807, 2.05) is 51.3 Å². The van der Waals surface area contributed by atoms with Gasteiger partial charge in [0, 0.05) is 17.1 Å². The summed E-state index contributed by atoms with van der Waals surface area (Å²) in [6.07, 6.45) is 3.40. The number of carbonyl (C=O) groups is 1. The lowest BCUT2D eigenvalue weighted by Crippen LogP contribution is -2.36. The molecule has 0 bridgehead atoms. The van der Waals surface area contributed by atoms with Gasteiger partial charge in [0.1, 0.15) is 11.4 Å². The predicted molar refractivity (Wildman–Crippen MR) is 104 cm³/mol. The van der Waals surface area contributed by atoms with Crippen LogP contribution in [0, 0.1) is 0 Å². The highest BCUT2D eigenvalue weighted by Gasteiger charge is 2.18. The van der Waals surface area contributed by atoms with Crippen LogP contribution in [0.25, 0.3) is 0 Å². The van der Waals surface area contributed by atoms with Crippen LogP contribution in [0.1, 0.15) is 39.2 Å². The second-order valence-corrected chi connectivity index (χ2v) is 7.36. The number of nitrogens with zero attached hydrogens (tertiary/aromatic N) is 1. The predicted octanol–water partition coefficient (Wildman–Crippen LogP) is 4.79. The van der Waals surface area contributed by atoms with Crippen LogP contribution in [-0.4, -0.2) is 35.7 Å². The van der Waals surface area contributed by atoms with Crippen LogP contribution in [0.2, 0.25) is 0 Å². The van der Waals surface area contributed by atoms with Gasteiger partial charge in [-0.15, -0.1) is 0 Å². The minimum absolute atomic E-state index is 0.461. The third kappa shape index (κ3) is 8.59. The van der Waals surface area contributed by atoms with Crippen molar-refractivity contribution in [2.75, 3.05) is 18.2 Å². The molecule has 24 heavy (non-hydrogen) atoms. The molecular formula is C17H25BrN2O3S. The fourth-order valence-electron chi connectivity index (χ4n) is 1.73. The van der Waals surface area contributed by atoms with Gasteiger partial charge in [-0.3, -0.25) is 5.32 Å². The number of unbranched alkanes of at least 4 members (excludes halogenated alkanes) is 1. The minimum Gasteiger partial charge on any atom is -0.494 e. The quantitative estimate of drug-likeness (QED) is 0.228. The number of benzene rings is 1. The molecular weight excluding hydrogens is 392 g/mol. The fraction of sp³-hybridized carbons (Fsp3) is 0.529. The fourth-order valence-corrected chi connectivity index (χ4v) is 2.46. The Balaban J connectivity index is 2.69. The Morgan fingerprint density at radius 2 is 1.92 bits per heavy atom. The maximum atomic E-state index is 11.9. The van der Waals surface area contributed by atoms with Crippen LogP contribution >= 0.6 is 27.9 Å². The number of hydrogen-bond donors (Lipinski definition) is 1. The summed E-state index contributed by atoms with van der Waals surface area (Å²) in [7, 11) is 0. The van der Waals surface area contributed by atoms with Crippen molar-refractivity contribution in [1.82, 2.24) is 5.32 Å². The summed E-state index contributed by atoms with van der Waals surface area (Å²) in [5, 5.41) is 3.68. The molecule has 134 valence electrons. The van der Waals surface area contributed by atoms with E-state index in [1.165, 1.54) is 11.9 Å². The van der Waals surface area contributed by atoms with Crippen molar-refractivity contribution >= 4 is 39.8 Å². The Bertz CT molecular complexity index is 542. The van der Waals surface area contributed by atoms with E-state index in [4.69, 9.17) is 9.47 Å². The molecule has 0 radical (unpaired) electrons. The lowest BCUT2D eigenvalue weighted by Gasteiger charge is -2.20. The van der Waals surface area contributed by atoms with E-state index < -0.39 is 11.7 Å². The number of rotatable bonds is 7. The van der Waals surface area contributed by atoms with Gasteiger partial charge in [0.2, 0.25) is 0 Å². The van der Waals surface area contributed by atoms with E-state index in [-0.39, 0.29) is 0 Å². The van der Waals surface area contributed by atoms with Crippen molar-refractivity contribution in [3.63, 3.8) is 0 Å². The number of nitrogens with one attached hydrogen (secondary N) is 1. The molecule has 0 unspecified atom stereocenters. The van der Waals surface area contributed by atoms with Crippen molar-refractivity contribution in [1.29, 1.82) is 0 Å². The number of halogens is 1. The Hall–Kier alpha value is -1.21. The van der Waals surface area contributed by atoms with Crippen molar-refractivity contribution in [3.05, 3.63) is 29.8 Å². The molecule has 1 aromatic carbocycles. The number of alkyl halides is 1. The van der Waals surface area contributed by atoms with Crippen molar-refractivity contribution in [2.24, 2.45) is 4.40 Å². The Morgan fingerprint density at radius 1 is 1.25 bits per heavy atom. The zero-order chi connectivity index (χ0) is 18.0. The first-order chi connectivity index (χ1) is 11.4. The zero-order valence-electron chi connectivity index (χ0n) is 14.6. The normalized spacial score (nSPS) is 12.0. The first kappa shape index (κ1) is 20.8. The van der Waals surface area contributed by atoms with Crippen LogP contribution in [0.3, 0.4) is 0 Å². The van der Waals surface area contributed by atoms with Crippen molar-refractivity contribution < 1.29 is 14.3 Å². The zero-order valence-corrected chi connectivity index (χ0v) is 17.0. The minimum atomic E-state index is -0.554. The first-order valence-corrected chi connectivity index (χ1v) is 10.1. The molecule has 0 aliphatic heterocycles. The van der Waals surface area contributed by atoms with E-state index >= 15 is 0 Å². The van der Waals surface area contributed by atoms with E-state index in [9.17, 15) is 4.79 Å². The summed E-state index contributed by atoms with van der Waals surface area (Å²) in [4.78, 5) is 11.9. The molecule has 0 aliphatic carbocycles. The summed E-state index contributed by atoms with van der Waals surface area (Å²) >= 11 is 4.67. The lowest BCUT2D eigenvalue weighted by atomic mass is 10.2. The Labute approximate surface area is 156 Å². The second kappa shape index (κ2) is 10.6. The van der Waals surface area contributed by atoms with Crippen molar-refractivity contribution in [3.8, 4) is 5.75 Å². The molecule has 1 amide bonds. The van der Waals surface area contributed by atoms with E-state index in [0.29, 0.717) is 12.4 Å². The average molecular weight is 417 g/mol. The molecule has 0 heterocycles. The number of ether oxygens (including phenoxy) is 2. The van der Waals surface area contributed by atoms with Gasteiger partial charge in [0.05, 0.1) is 6.61 Å². The number of alkyl carbamates (subject to hydrolysis) is 1. The maximum absolute atomic E-state index is 11.9. The lowest BCUT2D eigenvalue weighted by molar-refractivity contribution is 0.0563. The van der Waals surface area contributed by atoms with E-state index in [2.05, 4.69) is 25.6 Å². The third-order valence-corrected chi connectivity index (χ3v) is 3.65. The van der Waals surface area contributed by atoms with Gasteiger partial charge < -0.3 is 9.47 Å². The van der Waals surface area contributed by atoms with Crippen LogP contribution in [0.15, 0.2) is 28.7 Å². The monoisotopic (exact) mass is 416 g/mol. The standard InChI is InChI=1S/C17H25BrN2O3S/c1-17(2,3)23-16(21)19-15(20-24-4)13-7-9-14(10-8-13)22-12-6-5-11-18/h7-10H,5-6,11-12H2,1-4H3,(H,19,20,21). The van der Waals surface area contributed by atoms with Gasteiger partial charge >= 0.3 is 6.09 Å². The van der Waals surface area contributed by atoms with Gasteiger partial charge in [-0.25, -0.2) is 4.79 Å². The second-order valence-electron chi connectivity index (χ2n) is 6.02. The summed E-state index contributed by atoms with van der Waals surface area (Å²) in [6.45, 7) is 6.14. The number of carbonyl (C=O) groups excluding carboxylic acids is 1. The largest absolute Gasteiger partial charge is 0.494 e. The number of amidine groups is 1. The topological polar surface area (TPSA) is 59.9 Å². The van der Waals surface area contributed by atoms with Crippen molar-refractivity contribution in [2.45, 2.75) is 39.2 Å². The molecule has 1 N–H and O–H groups in total. The summed E-state index contributed by atoms with van der Waals surface area (Å²) in [5.41, 5.74) is 0.240. The number of hydrogen-bond acceptors (Lipinski definition) is 5. The smallest absolute Gasteiger partial charge is 0.413 e. The van der Waals surface area contributed by atoms with Crippen LogP contribution in [0.4, 0.5) is 4.79 Å². The molecule has 7 heteroatoms.